The zero-order valence-electron chi connectivity index (χ0n) is 10.6. The Kier molecular flexibility index (Phi) is 3.07. The van der Waals surface area contributed by atoms with E-state index in [1.165, 1.54) is 28.4 Å². The summed E-state index contributed by atoms with van der Waals surface area (Å²) in [6.07, 6.45) is 3.51. The van der Waals surface area contributed by atoms with Crippen molar-refractivity contribution in [3.63, 3.8) is 0 Å². The fraction of sp³-hybridized carbons (Fsp3) is 0.583. The Bertz CT molecular complexity index is 618. The first kappa shape index (κ1) is 12.0. The van der Waals surface area contributed by atoms with Crippen LogP contribution in [0.3, 0.4) is 0 Å². The molecule has 2 heterocycles. The molecule has 96 valence electrons. The molecule has 0 amide bonds. The van der Waals surface area contributed by atoms with Gasteiger partial charge in [-0.05, 0) is 38.4 Å². The summed E-state index contributed by atoms with van der Waals surface area (Å²) in [6.45, 7) is 5.08. The van der Waals surface area contributed by atoms with Crippen LogP contribution in [0.15, 0.2) is 0 Å². The van der Waals surface area contributed by atoms with Gasteiger partial charge in [0.2, 0.25) is 0 Å². The molecule has 4 nitrogen and oxygen atoms in total. The molecule has 0 unspecified atom stereocenters. The number of H-pyrrole nitrogens is 1. The standard InChI is InChI=1S/C12H16N4S2/c1-3-8-13-9(7-5-6-7)10(18-8)11-14-15-12(17)16(11)4-2/h7H,3-6H2,1-2H3,(H,15,17). The van der Waals surface area contributed by atoms with Gasteiger partial charge in [-0.2, -0.15) is 5.10 Å². The van der Waals surface area contributed by atoms with Gasteiger partial charge in [-0.3, -0.25) is 9.67 Å². The molecule has 2 aromatic heterocycles. The fourth-order valence-corrected chi connectivity index (χ4v) is 3.46. The quantitative estimate of drug-likeness (QED) is 0.872. The Hall–Kier alpha value is -1.01. The van der Waals surface area contributed by atoms with Crippen LogP contribution in [0, 0.1) is 4.77 Å². The van der Waals surface area contributed by atoms with Crippen LogP contribution < -0.4 is 0 Å². The number of aromatic amines is 1. The number of aryl methyl sites for hydroxylation is 1. The maximum atomic E-state index is 5.26. The summed E-state index contributed by atoms with van der Waals surface area (Å²) in [5.41, 5.74) is 1.24. The topological polar surface area (TPSA) is 46.5 Å². The normalized spacial score (nSPS) is 15.2. The van der Waals surface area contributed by atoms with E-state index in [0.29, 0.717) is 10.7 Å². The molecule has 1 saturated carbocycles. The lowest BCUT2D eigenvalue weighted by Gasteiger charge is -2.02. The van der Waals surface area contributed by atoms with Crippen molar-refractivity contribution in [1.82, 2.24) is 19.7 Å². The second kappa shape index (κ2) is 4.59. The van der Waals surface area contributed by atoms with Gasteiger partial charge in [-0.15, -0.1) is 11.3 Å². The van der Waals surface area contributed by atoms with Crippen LogP contribution in [0.1, 0.15) is 43.3 Å². The molecule has 6 heteroatoms. The van der Waals surface area contributed by atoms with Crippen molar-refractivity contribution in [2.75, 3.05) is 0 Å². The van der Waals surface area contributed by atoms with E-state index in [9.17, 15) is 0 Å². The zero-order chi connectivity index (χ0) is 12.7. The fourth-order valence-electron chi connectivity index (χ4n) is 2.11. The van der Waals surface area contributed by atoms with Crippen molar-refractivity contribution in [2.24, 2.45) is 0 Å². The average Bonchev–Trinajstić information content (AvgIpc) is 3.03. The van der Waals surface area contributed by atoms with Gasteiger partial charge >= 0.3 is 0 Å². The van der Waals surface area contributed by atoms with Crippen molar-refractivity contribution in [3.8, 4) is 10.7 Å². The van der Waals surface area contributed by atoms with Crippen LogP contribution >= 0.6 is 23.6 Å². The second-order valence-electron chi connectivity index (χ2n) is 4.55. The molecule has 0 atom stereocenters. The summed E-state index contributed by atoms with van der Waals surface area (Å²) in [6, 6.07) is 0. The van der Waals surface area contributed by atoms with Crippen LogP contribution in [0.4, 0.5) is 0 Å². The predicted molar refractivity (Wildman–Crippen MR) is 75.5 cm³/mol. The van der Waals surface area contributed by atoms with E-state index in [4.69, 9.17) is 17.2 Å². The van der Waals surface area contributed by atoms with E-state index in [0.717, 1.165) is 18.8 Å². The van der Waals surface area contributed by atoms with Gasteiger partial charge in [0.05, 0.1) is 15.6 Å². The summed E-state index contributed by atoms with van der Waals surface area (Å²) in [5.74, 6) is 1.61. The van der Waals surface area contributed by atoms with E-state index in [1.807, 2.05) is 4.57 Å². The first-order valence-electron chi connectivity index (χ1n) is 6.39. The summed E-state index contributed by atoms with van der Waals surface area (Å²) in [4.78, 5) is 5.98. The van der Waals surface area contributed by atoms with E-state index >= 15 is 0 Å². The van der Waals surface area contributed by atoms with Gasteiger partial charge in [-0.1, -0.05) is 6.92 Å². The number of hydrogen-bond acceptors (Lipinski definition) is 4. The number of nitrogens with zero attached hydrogens (tertiary/aromatic N) is 3. The molecule has 3 rings (SSSR count). The minimum absolute atomic E-state index is 0.645. The lowest BCUT2D eigenvalue weighted by atomic mass is 10.2. The molecular formula is C12H16N4S2. The summed E-state index contributed by atoms with van der Waals surface area (Å²) >= 11 is 7.02. The maximum absolute atomic E-state index is 5.26. The molecule has 0 spiro atoms. The largest absolute Gasteiger partial charge is 0.300 e. The second-order valence-corrected chi connectivity index (χ2v) is 6.02. The monoisotopic (exact) mass is 280 g/mol. The Morgan fingerprint density at radius 2 is 2.22 bits per heavy atom. The van der Waals surface area contributed by atoms with Gasteiger partial charge in [0.1, 0.15) is 0 Å². The van der Waals surface area contributed by atoms with Crippen LogP contribution in [-0.4, -0.2) is 19.7 Å². The molecule has 0 aromatic carbocycles. The van der Waals surface area contributed by atoms with E-state index in [1.54, 1.807) is 11.3 Å². The molecule has 18 heavy (non-hydrogen) atoms. The highest BCUT2D eigenvalue weighted by Crippen LogP contribution is 2.45. The Balaban J connectivity index is 2.14. The third-order valence-electron chi connectivity index (χ3n) is 3.24. The average molecular weight is 280 g/mol. The number of rotatable bonds is 4. The van der Waals surface area contributed by atoms with Crippen molar-refractivity contribution in [1.29, 1.82) is 0 Å². The van der Waals surface area contributed by atoms with E-state index in [2.05, 4.69) is 24.0 Å². The molecule has 0 aliphatic heterocycles. The van der Waals surface area contributed by atoms with Crippen LogP contribution in [-0.2, 0) is 13.0 Å². The van der Waals surface area contributed by atoms with Crippen molar-refractivity contribution >= 4 is 23.6 Å². The van der Waals surface area contributed by atoms with Gasteiger partial charge in [0.15, 0.2) is 10.6 Å². The number of nitrogens with one attached hydrogen (secondary N) is 1. The van der Waals surface area contributed by atoms with Gasteiger partial charge in [-0.25, -0.2) is 4.98 Å². The van der Waals surface area contributed by atoms with Gasteiger partial charge in [0, 0.05) is 12.5 Å². The van der Waals surface area contributed by atoms with Crippen molar-refractivity contribution in [2.45, 2.75) is 45.6 Å². The SMILES string of the molecule is CCc1nc(C2CC2)c(-c2n[nH]c(=S)n2CC)s1. The molecule has 1 N–H and O–H groups in total. The zero-order valence-corrected chi connectivity index (χ0v) is 12.2. The molecule has 1 fully saturated rings. The van der Waals surface area contributed by atoms with Crippen LogP contribution in [0.2, 0.25) is 0 Å². The minimum atomic E-state index is 0.645. The molecule has 0 radical (unpaired) electrons. The van der Waals surface area contributed by atoms with E-state index < -0.39 is 0 Å². The highest BCUT2D eigenvalue weighted by molar-refractivity contribution is 7.71. The molecule has 1 aliphatic carbocycles. The van der Waals surface area contributed by atoms with Crippen LogP contribution in [0.25, 0.3) is 10.7 Å². The smallest absolute Gasteiger partial charge is 0.195 e. The third-order valence-corrected chi connectivity index (χ3v) is 4.76. The number of hydrogen-bond donors (Lipinski definition) is 1. The highest BCUT2D eigenvalue weighted by atomic mass is 32.1. The van der Waals surface area contributed by atoms with Crippen molar-refractivity contribution < 1.29 is 0 Å². The highest BCUT2D eigenvalue weighted by Gasteiger charge is 2.31. The third kappa shape index (κ3) is 1.93. The summed E-state index contributed by atoms with van der Waals surface area (Å²) in [5, 5.41) is 8.48. The van der Waals surface area contributed by atoms with Gasteiger partial charge in [0.25, 0.3) is 0 Å². The predicted octanol–water partition coefficient (Wildman–Crippen LogP) is 3.52. The Morgan fingerprint density at radius 1 is 1.44 bits per heavy atom. The molecular weight excluding hydrogens is 264 g/mol. The first-order chi connectivity index (χ1) is 8.74. The molecule has 2 aromatic rings. The lowest BCUT2D eigenvalue weighted by molar-refractivity contribution is 0.755. The molecule has 0 saturated heterocycles. The first-order valence-corrected chi connectivity index (χ1v) is 7.62. The number of aromatic nitrogens is 4. The van der Waals surface area contributed by atoms with Gasteiger partial charge < -0.3 is 0 Å². The molecule has 1 aliphatic rings. The Morgan fingerprint density at radius 3 is 2.83 bits per heavy atom. The summed E-state index contributed by atoms with van der Waals surface area (Å²) in [7, 11) is 0. The number of thiazole rings is 1. The lowest BCUT2D eigenvalue weighted by Crippen LogP contribution is -1.98. The Labute approximate surface area is 115 Å². The maximum Gasteiger partial charge on any atom is 0.195 e. The molecule has 0 bridgehead atoms. The van der Waals surface area contributed by atoms with E-state index in [-0.39, 0.29) is 0 Å². The summed E-state index contributed by atoms with van der Waals surface area (Å²) < 4.78 is 2.74. The van der Waals surface area contributed by atoms with Crippen molar-refractivity contribution in [3.05, 3.63) is 15.5 Å². The van der Waals surface area contributed by atoms with Crippen LogP contribution in [0.5, 0.6) is 0 Å². The minimum Gasteiger partial charge on any atom is -0.300 e.